The Labute approximate surface area is 184 Å². The molecular formula is C22H19F7O4. The average molecular weight is 480 g/mol. The molecule has 0 aliphatic carbocycles. The summed E-state index contributed by atoms with van der Waals surface area (Å²) in [5, 5.41) is 0. The molecule has 0 amide bonds. The number of alkyl halides is 2. The van der Waals surface area contributed by atoms with Gasteiger partial charge < -0.3 is 14.2 Å². The molecule has 0 saturated carbocycles. The first kappa shape index (κ1) is 24.8. The standard InChI is InChI=1S/C22H19F7O4/c1-2-3-11-4-6-17(31-10-11)21(30)32-16-7-5-13(18(25)20(16)27)22(28,29)33-12-8-14(23)19(26)15(24)9-12/h5,7-9,11,17H,2-4,6,10H2,1H3. The summed E-state index contributed by atoms with van der Waals surface area (Å²) in [5.41, 5.74) is -1.64. The Morgan fingerprint density at radius 3 is 2.27 bits per heavy atom. The first-order chi connectivity index (χ1) is 15.5. The molecule has 0 aromatic heterocycles. The van der Waals surface area contributed by atoms with Crippen molar-refractivity contribution in [2.45, 2.75) is 44.8 Å². The molecule has 3 rings (SSSR count). The molecule has 1 saturated heterocycles. The molecule has 2 atom stereocenters. The topological polar surface area (TPSA) is 44.8 Å². The van der Waals surface area contributed by atoms with Crippen LogP contribution in [0.4, 0.5) is 30.7 Å². The van der Waals surface area contributed by atoms with Gasteiger partial charge in [0.15, 0.2) is 35.1 Å². The van der Waals surface area contributed by atoms with Crippen molar-refractivity contribution in [3.8, 4) is 11.5 Å². The van der Waals surface area contributed by atoms with E-state index in [1.807, 2.05) is 6.92 Å². The fourth-order valence-corrected chi connectivity index (χ4v) is 3.43. The van der Waals surface area contributed by atoms with Crippen molar-refractivity contribution < 1.29 is 49.7 Å². The second-order valence-electron chi connectivity index (χ2n) is 7.53. The third kappa shape index (κ3) is 5.58. The molecule has 0 bridgehead atoms. The Hall–Kier alpha value is -2.82. The summed E-state index contributed by atoms with van der Waals surface area (Å²) >= 11 is 0. The van der Waals surface area contributed by atoms with Crippen LogP contribution < -0.4 is 9.47 Å². The number of carbonyl (C=O) groups excluding carboxylic acids is 1. The van der Waals surface area contributed by atoms with Gasteiger partial charge in [-0.3, -0.25) is 0 Å². The summed E-state index contributed by atoms with van der Waals surface area (Å²) in [6, 6.07) is 1.20. The molecule has 2 aromatic carbocycles. The molecular weight excluding hydrogens is 461 g/mol. The average Bonchev–Trinajstić information content (AvgIpc) is 2.75. The Balaban J connectivity index is 1.73. The summed E-state index contributed by atoms with van der Waals surface area (Å²) in [7, 11) is 0. The van der Waals surface area contributed by atoms with Crippen molar-refractivity contribution >= 4 is 5.97 Å². The van der Waals surface area contributed by atoms with Crippen LogP contribution in [0.1, 0.15) is 38.2 Å². The maximum atomic E-state index is 14.4. The summed E-state index contributed by atoms with van der Waals surface area (Å²) in [6.07, 6.45) is -2.77. The van der Waals surface area contributed by atoms with E-state index in [0.29, 0.717) is 31.6 Å². The molecule has 0 radical (unpaired) electrons. The molecule has 0 N–H and O–H groups in total. The fourth-order valence-electron chi connectivity index (χ4n) is 3.43. The second kappa shape index (κ2) is 9.98. The number of carbonyl (C=O) groups is 1. The predicted octanol–water partition coefficient (Wildman–Crippen LogP) is 6.01. The molecule has 1 aliphatic heterocycles. The van der Waals surface area contributed by atoms with E-state index in [0.717, 1.165) is 12.8 Å². The van der Waals surface area contributed by atoms with Gasteiger partial charge in [-0.2, -0.15) is 13.2 Å². The third-order valence-corrected chi connectivity index (χ3v) is 5.10. The van der Waals surface area contributed by atoms with Gasteiger partial charge in [-0.1, -0.05) is 13.3 Å². The molecule has 2 aromatic rings. The molecule has 1 heterocycles. The van der Waals surface area contributed by atoms with Gasteiger partial charge in [0.05, 0.1) is 6.61 Å². The van der Waals surface area contributed by atoms with Crippen molar-refractivity contribution in [3.63, 3.8) is 0 Å². The first-order valence-electron chi connectivity index (χ1n) is 10.1. The Morgan fingerprint density at radius 2 is 1.70 bits per heavy atom. The first-order valence-corrected chi connectivity index (χ1v) is 10.1. The minimum Gasteiger partial charge on any atom is -0.429 e. The Morgan fingerprint density at radius 1 is 1.03 bits per heavy atom. The summed E-state index contributed by atoms with van der Waals surface area (Å²) < 4.78 is 111. The third-order valence-electron chi connectivity index (χ3n) is 5.10. The number of hydrogen-bond acceptors (Lipinski definition) is 4. The van der Waals surface area contributed by atoms with Crippen LogP contribution >= 0.6 is 0 Å². The Kier molecular flexibility index (Phi) is 7.51. The van der Waals surface area contributed by atoms with E-state index in [9.17, 15) is 35.5 Å². The summed E-state index contributed by atoms with van der Waals surface area (Å²) in [5.74, 6) is -12.4. The lowest BCUT2D eigenvalue weighted by Gasteiger charge is -2.27. The van der Waals surface area contributed by atoms with Crippen molar-refractivity contribution in [2.75, 3.05) is 6.61 Å². The van der Waals surface area contributed by atoms with Gasteiger partial charge in [0.2, 0.25) is 5.82 Å². The highest BCUT2D eigenvalue weighted by Gasteiger charge is 2.40. The zero-order valence-electron chi connectivity index (χ0n) is 17.3. The molecule has 1 fully saturated rings. The number of halogens is 7. The fraction of sp³-hybridized carbons (Fsp3) is 0.409. The van der Waals surface area contributed by atoms with Crippen LogP contribution in [0.3, 0.4) is 0 Å². The van der Waals surface area contributed by atoms with Gasteiger partial charge in [0.25, 0.3) is 0 Å². The molecule has 2 unspecified atom stereocenters. The van der Waals surface area contributed by atoms with Crippen LogP contribution in [-0.4, -0.2) is 18.7 Å². The number of hydrogen-bond donors (Lipinski definition) is 0. The normalized spacial score (nSPS) is 18.8. The van der Waals surface area contributed by atoms with Crippen molar-refractivity contribution in [1.29, 1.82) is 0 Å². The molecule has 180 valence electrons. The van der Waals surface area contributed by atoms with E-state index >= 15 is 0 Å². The van der Waals surface area contributed by atoms with Gasteiger partial charge in [-0.25, -0.2) is 22.4 Å². The Bertz CT molecular complexity index is 997. The van der Waals surface area contributed by atoms with Crippen molar-refractivity contribution in [3.05, 3.63) is 58.9 Å². The highest BCUT2D eigenvalue weighted by atomic mass is 19.3. The molecule has 1 aliphatic rings. The van der Waals surface area contributed by atoms with E-state index in [2.05, 4.69) is 4.74 Å². The van der Waals surface area contributed by atoms with Crippen molar-refractivity contribution in [2.24, 2.45) is 5.92 Å². The quantitative estimate of drug-likeness (QED) is 0.211. The van der Waals surface area contributed by atoms with Crippen molar-refractivity contribution in [1.82, 2.24) is 0 Å². The number of rotatable bonds is 7. The van der Waals surface area contributed by atoms with Crippen LogP contribution in [0.15, 0.2) is 24.3 Å². The van der Waals surface area contributed by atoms with E-state index in [4.69, 9.17) is 9.47 Å². The molecule has 33 heavy (non-hydrogen) atoms. The van der Waals surface area contributed by atoms with Crippen LogP contribution in [0, 0.1) is 35.0 Å². The van der Waals surface area contributed by atoms with E-state index < -0.39 is 64.3 Å². The maximum Gasteiger partial charge on any atom is 0.429 e. The largest absolute Gasteiger partial charge is 0.429 e. The van der Waals surface area contributed by atoms with Crippen LogP contribution in [0.2, 0.25) is 0 Å². The zero-order chi connectivity index (χ0) is 24.3. The molecule has 0 spiro atoms. The zero-order valence-corrected chi connectivity index (χ0v) is 17.3. The summed E-state index contributed by atoms with van der Waals surface area (Å²) in [4.78, 5) is 12.2. The monoisotopic (exact) mass is 480 g/mol. The predicted molar refractivity (Wildman–Crippen MR) is 100 cm³/mol. The molecule has 4 nitrogen and oxygen atoms in total. The van der Waals surface area contributed by atoms with Gasteiger partial charge >= 0.3 is 12.1 Å². The number of esters is 1. The van der Waals surface area contributed by atoms with Crippen LogP contribution in [0.5, 0.6) is 11.5 Å². The lowest BCUT2D eigenvalue weighted by atomic mass is 9.94. The van der Waals surface area contributed by atoms with E-state index in [1.54, 1.807) is 0 Å². The minimum atomic E-state index is -4.61. The minimum absolute atomic E-state index is 0.117. The summed E-state index contributed by atoms with van der Waals surface area (Å²) in [6.45, 7) is 2.31. The smallest absolute Gasteiger partial charge is 0.429 e. The highest BCUT2D eigenvalue weighted by Crippen LogP contribution is 2.37. The number of benzene rings is 2. The van der Waals surface area contributed by atoms with Gasteiger partial charge in [-0.05, 0) is 37.3 Å². The maximum absolute atomic E-state index is 14.4. The SMILES string of the molecule is CCCC1CCC(C(=O)Oc2ccc(C(F)(F)Oc3cc(F)c(F)c(F)c3)c(F)c2F)OC1. The van der Waals surface area contributed by atoms with E-state index in [1.165, 1.54) is 0 Å². The number of ether oxygens (including phenoxy) is 3. The van der Waals surface area contributed by atoms with Gasteiger partial charge in [-0.15, -0.1) is 0 Å². The van der Waals surface area contributed by atoms with Gasteiger partial charge in [0, 0.05) is 12.1 Å². The second-order valence-corrected chi connectivity index (χ2v) is 7.53. The lowest BCUT2D eigenvalue weighted by molar-refractivity contribution is -0.188. The highest BCUT2D eigenvalue weighted by molar-refractivity contribution is 5.77. The van der Waals surface area contributed by atoms with Gasteiger partial charge in [0.1, 0.15) is 11.3 Å². The van der Waals surface area contributed by atoms with Crippen LogP contribution in [-0.2, 0) is 15.6 Å². The van der Waals surface area contributed by atoms with Crippen LogP contribution in [0.25, 0.3) is 0 Å². The van der Waals surface area contributed by atoms with E-state index in [-0.39, 0.29) is 18.1 Å². The lowest BCUT2D eigenvalue weighted by Crippen LogP contribution is -2.35. The molecule has 11 heteroatoms.